The van der Waals surface area contributed by atoms with Crippen molar-refractivity contribution < 1.29 is 14.0 Å². The van der Waals surface area contributed by atoms with Gasteiger partial charge in [-0.25, -0.2) is 0 Å². The second-order valence-electron chi connectivity index (χ2n) is 7.01. The molecule has 3 aromatic rings. The summed E-state index contributed by atoms with van der Waals surface area (Å²) in [5.41, 5.74) is 1.00. The number of anilines is 1. The standard InChI is InChI=1S/C21H23N5O3/c27-20(22-11-10-19-25-24-18-9-2-1-3-12-26(18)19)15-6-4-7-16(14-15)23-21(28)17-8-5-13-29-17/h4-8,13-14H,1-3,9-12H2,(H,22,27)(H,23,28). The number of amides is 2. The van der Waals surface area contributed by atoms with Crippen molar-refractivity contribution in [2.75, 3.05) is 11.9 Å². The Hall–Kier alpha value is -3.42. The molecule has 3 heterocycles. The first kappa shape index (κ1) is 18.9. The Morgan fingerprint density at radius 3 is 2.86 bits per heavy atom. The van der Waals surface area contributed by atoms with Crippen LogP contribution in [-0.4, -0.2) is 33.1 Å². The van der Waals surface area contributed by atoms with Crippen molar-refractivity contribution in [1.29, 1.82) is 0 Å². The summed E-state index contributed by atoms with van der Waals surface area (Å²) in [6.45, 7) is 1.42. The SMILES string of the molecule is O=C(NCCc1nnc2n1CCCCC2)c1cccc(NC(=O)c2ccco2)c1. The maximum Gasteiger partial charge on any atom is 0.291 e. The molecule has 2 aromatic heterocycles. The molecule has 0 radical (unpaired) electrons. The summed E-state index contributed by atoms with van der Waals surface area (Å²) in [4.78, 5) is 24.6. The lowest BCUT2D eigenvalue weighted by Crippen LogP contribution is -2.26. The lowest BCUT2D eigenvalue weighted by atomic mass is 10.2. The average molecular weight is 393 g/mol. The maximum absolute atomic E-state index is 12.5. The van der Waals surface area contributed by atoms with Crippen molar-refractivity contribution in [2.24, 2.45) is 0 Å². The molecule has 150 valence electrons. The molecular formula is C21H23N5O3. The van der Waals surface area contributed by atoms with E-state index in [1.54, 1.807) is 36.4 Å². The van der Waals surface area contributed by atoms with Crippen molar-refractivity contribution in [2.45, 2.75) is 38.6 Å². The molecule has 8 heteroatoms. The molecule has 2 N–H and O–H groups in total. The fourth-order valence-corrected chi connectivity index (χ4v) is 3.46. The third-order valence-corrected chi connectivity index (χ3v) is 4.95. The molecule has 8 nitrogen and oxygen atoms in total. The zero-order valence-electron chi connectivity index (χ0n) is 16.1. The third-order valence-electron chi connectivity index (χ3n) is 4.95. The van der Waals surface area contributed by atoms with E-state index < -0.39 is 0 Å². The van der Waals surface area contributed by atoms with Crippen molar-refractivity contribution in [3.05, 3.63) is 65.6 Å². The number of nitrogens with one attached hydrogen (secondary N) is 2. The van der Waals surface area contributed by atoms with Crippen LogP contribution in [-0.2, 0) is 19.4 Å². The summed E-state index contributed by atoms with van der Waals surface area (Å²) in [6, 6.07) is 10.0. The molecule has 4 rings (SSSR count). The summed E-state index contributed by atoms with van der Waals surface area (Å²) in [6.07, 6.45) is 6.55. The van der Waals surface area contributed by atoms with Gasteiger partial charge in [-0.05, 0) is 43.2 Å². The Labute approximate surface area is 168 Å². The van der Waals surface area contributed by atoms with Gasteiger partial charge in [0.25, 0.3) is 11.8 Å². The number of benzene rings is 1. The number of nitrogens with zero attached hydrogens (tertiary/aromatic N) is 3. The maximum atomic E-state index is 12.5. The normalized spacial score (nSPS) is 13.4. The molecule has 0 bridgehead atoms. The first-order chi connectivity index (χ1) is 14.2. The predicted molar refractivity (Wildman–Crippen MR) is 107 cm³/mol. The van der Waals surface area contributed by atoms with Crippen LogP contribution in [0.15, 0.2) is 47.1 Å². The zero-order valence-corrected chi connectivity index (χ0v) is 16.1. The molecule has 0 saturated heterocycles. The summed E-state index contributed by atoms with van der Waals surface area (Å²) < 4.78 is 7.26. The molecule has 0 fully saturated rings. The van der Waals surface area contributed by atoms with Gasteiger partial charge in [0.05, 0.1) is 6.26 Å². The van der Waals surface area contributed by atoms with E-state index in [0.29, 0.717) is 24.2 Å². The second-order valence-corrected chi connectivity index (χ2v) is 7.01. The number of carbonyl (C=O) groups is 2. The van der Waals surface area contributed by atoms with Crippen molar-refractivity contribution in [3.63, 3.8) is 0 Å². The topological polar surface area (TPSA) is 102 Å². The minimum Gasteiger partial charge on any atom is -0.459 e. The van der Waals surface area contributed by atoms with Crippen LogP contribution in [0.2, 0.25) is 0 Å². The first-order valence-electron chi connectivity index (χ1n) is 9.85. The quantitative estimate of drug-likeness (QED) is 0.670. The lowest BCUT2D eigenvalue weighted by molar-refractivity contribution is 0.0951. The van der Waals surface area contributed by atoms with Gasteiger partial charge < -0.3 is 19.6 Å². The van der Waals surface area contributed by atoms with Gasteiger partial charge in [-0.15, -0.1) is 10.2 Å². The molecule has 0 saturated carbocycles. The number of carbonyl (C=O) groups excluding carboxylic acids is 2. The van der Waals surface area contributed by atoms with Crippen LogP contribution < -0.4 is 10.6 Å². The van der Waals surface area contributed by atoms with Gasteiger partial charge in [-0.1, -0.05) is 12.5 Å². The van der Waals surface area contributed by atoms with E-state index in [9.17, 15) is 9.59 Å². The highest BCUT2D eigenvalue weighted by Gasteiger charge is 2.15. The number of aromatic nitrogens is 3. The van der Waals surface area contributed by atoms with E-state index in [2.05, 4.69) is 25.4 Å². The number of hydrogen-bond donors (Lipinski definition) is 2. The molecule has 1 aliphatic rings. The van der Waals surface area contributed by atoms with Crippen molar-refractivity contribution in [3.8, 4) is 0 Å². The molecule has 2 amide bonds. The van der Waals surface area contributed by atoms with E-state index in [4.69, 9.17) is 4.42 Å². The summed E-state index contributed by atoms with van der Waals surface area (Å²) in [5.74, 6) is 1.62. The van der Waals surface area contributed by atoms with Gasteiger partial charge in [-0.3, -0.25) is 9.59 Å². The van der Waals surface area contributed by atoms with Crippen molar-refractivity contribution in [1.82, 2.24) is 20.1 Å². The average Bonchev–Trinajstić information content (AvgIpc) is 3.34. The second kappa shape index (κ2) is 8.72. The van der Waals surface area contributed by atoms with Crippen LogP contribution in [0.5, 0.6) is 0 Å². The largest absolute Gasteiger partial charge is 0.459 e. The molecule has 29 heavy (non-hydrogen) atoms. The van der Waals surface area contributed by atoms with Crippen LogP contribution in [0.4, 0.5) is 5.69 Å². The fourth-order valence-electron chi connectivity index (χ4n) is 3.46. The first-order valence-corrected chi connectivity index (χ1v) is 9.85. The van der Waals surface area contributed by atoms with Crippen LogP contribution in [0.25, 0.3) is 0 Å². The smallest absolute Gasteiger partial charge is 0.291 e. The van der Waals surface area contributed by atoms with E-state index in [1.165, 1.54) is 12.7 Å². The Kier molecular flexibility index (Phi) is 5.69. The minimum absolute atomic E-state index is 0.199. The highest BCUT2D eigenvalue weighted by molar-refractivity contribution is 6.03. The summed E-state index contributed by atoms with van der Waals surface area (Å²) in [5, 5.41) is 14.2. The number of aryl methyl sites for hydroxylation is 1. The molecule has 0 unspecified atom stereocenters. The molecule has 0 spiro atoms. The number of hydrogen-bond acceptors (Lipinski definition) is 5. The zero-order chi connectivity index (χ0) is 20.1. The van der Waals surface area contributed by atoms with E-state index >= 15 is 0 Å². The van der Waals surface area contributed by atoms with Gasteiger partial charge >= 0.3 is 0 Å². The Morgan fingerprint density at radius 1 is 1.07 bits per heavy atom. The van der Waals surface area contributed by atoms with Gasteiger partial charge in [0.2, 0.25) is 0 Å². The monoisotopic (exact) mass is 393 g/mol. The molecular weight excluding hydrogens is 370 g/mol. The highest BCUT2D eigenvalue weighted by atomic mass is 16.3. The van der Waals surface area contributed by atoms with E-state index in [0.717, 1.165) is 37.5 Å². The van der Waals surface area contributed by atoms with Gasteiger partial charge in [0.15, 0.2) is 5.76 Å². The number of fused-ring (bicyclic) bond motifs is 1. The molecule has 0 aliphatic carbocycles. The highest BCUT2D eigenvalue weighted by Crippen LogP contribution is 2.15. The van der Waals surface area contributed by atoms with Gasteiger partial charge in [-0.2, -0.15) is 0 Å². The Bertz CT molecular complexity index is 994. The van der Waals surface area contributed by atoms with Crippen LogP contribution in [0.1, 0.15) is 51.8 Å². The van der Waals surface area contributed by atoms with E-state index in [-0.39, 0.29) is 17.6 Å². The minimum atomic E-state index is -0.361. The summed E-state index contributed by atoms with van der Waals surface area (Å²) in [7, 11) is 0. The van der Waals surface area contributed by atoms with Gasteiger partial charge in [0.1, 0.15) is 11.6 Å². The lowest BCUT2D eigenvalue weighted by Gasteiger charge is -2.09. The van der Waals surface area contributed by atoms with Crippen LogP contribution in [0, 0.1) is 0 Å². The number of furan rings is 1. The number of rotatable bonds is 6. The summed E-state index contributed by atoms with van der Waals surface area (Å²) >= 11 is 0. The molecule has 1 aliphatic heterocycles. The third kappa shape index (κ3) is 4.53. The van der Waals surface area contributed by atoms with Gasteiger partial charge in [0, 0.05) is 37.2 Å². The van der Waals surface area contributed by atoms with Crippen LogP contribution in [0.3, 0.4) is 0 Å². The van der Waals surface area contributed by atoms with Crippen LogP contribution >= 0.6 is 0 Å². The van der Waals surface area contributed by atoms with Crippen molar-refractivity contribution >= 4 is 17.5 Å². The fraction of sp³-hybridized carbons (Fsp3) is 0.333. The molecule has 1 aromatic carbocycles. The molecule has 0 atom stereocenters. The van der Waals surface area contributed by atoms with E-state index in [1.807, 2.05) is 0 Å². The Balaban J connectivity index is 1.33. The predicted octanol–water partition coefficient (Wildman–Crippen LogP) is 2.82. The Morgan fingerprint density at radius 2 is 2.00 bits per heavy atom.